The summed E-state index contributed by atoms with van der Waals surface area (Å²) < 4.78 is 29.8. The topological polar surface area (TPSA) is 114 Å². The van der Waals surface area contributed by atoms with Crippen LogP contribution >= 0.6 is 0 Å². The van der Waals surface area contributed by atoms with E-state index in [2.05, 4.69) is 15.4 Å². The average Bonchev–Trinajstić information content (AvgIpc) is 2.59. The quantitative estimate of drug-likeness (QED) is 0.671. The Hall–Kier alpha value is -3.07. The van der Waals surface area contributed by atoms with Crippen LogP contribution in [0.4, 0.5) is 16.2 Å². The molecular formula is C18H21N3O5S. The zero-order valence-electron chi connectivity index (χ0n) is 15.0. The number of amides is 2. The summed E-state index contributed by atoms with van der Waals surface area (Å²) in [7, 11) is -3.37. The fourth-order valence-corrected chi connectivity index (χ4v) is 2.82. The van der Waals surface area contributed by atoms with Gasteiger partial charge in [0, 0.05) is 23.5 Å². The Morgan fingerprint density at radius 1 is 1.04 bits per heavy atom. The molecule has 0 saturated carbocycles. The Labute approximate surface area is 158 Å². The first-order chi connectivity index (χ1) is 12.8. The highest BCUT2D eigenvalue weighted by Gasteiger charge is 2.09. The standard InChI is InChI=1S/C18H21N3O5S/c1-3-26-18(23)20-15-8-5-7-14(11-15)17(22)19-12-13-6-4-9-16(10-13)21-27(2,24)25/h4-11,21H,3,12H2,1-2H3,(H,19,22)(H,20,23). The summed E-state index contributed by atoms with van der Waals surface area (Å²) >= 11 is 0. The first kappa shape index (κ1) is 20.2. The summed E-state index contributed by atoms with van der Waals surface area (Å²) in [6, 6.07) is 13.2. The third-order valence-corrected chi connectivity index (χ3v) is 3.94. The lowest BCUT2D eigenvalue weighted by molar-refractivity contribution is 0.0950. The van der Waals surface area contributed by atoms with Crippen LogP contribution in [0.1, 0.15) is 22.8 Å². The van der Waals surface area contributed by atoms with Gasteiger partial charge in [0.1, 0.15) is 0 Å². The van der Waals surface area contributed by atoms with Gasteiger partial charge in [0.05, 0.1) is 12.9 Å². The first-order valence-electron chi connectivity index (χ1n) is 8.15. The zero-order valence-corrected chi connectivity index (χ0v) is 15.8. The first-order valence-corrected chi connectivity index (χ1v) is 10.0. The van der Waals surface area contributed by atoms with E-state index in [4.69, 9.17) is 4.74 Å². The molecule has 0 aliphatic carbocycles. The van der Waals surface area contributed by atoms with Crippen LogP contribution in [0.3, 0.4) is 0 Å². The van der Waals surface area contributed by atoms with Gasteiger partial charge in [0.15, 0.2) is 0 Å². The van der Waals surface area contributed by atoms with Crippen molar-refractivity contribution in [1.82, 2.24) is 5.32 Å². The Balaban J connectivity index is 2.00. The summed E-state index contributed by atoms with van der Waals surface area (Å²) in [6.07, 6.45) is 0.476. The van der Waals surface area contributed by atoms with Crippen LogP contribution in [0.5, 0.6) is 0 Å². The molecule has 0 fully saturated rings. The van der Waals surface area contributed by atoms with E-state index in [1.54, 1.807) is 49.4 Å². The molecule has 0 saturated heterocycles. The smallest absolute Gasteiger partial charge is 0.411 e. The minimum atomic E-state index is -3.37. The van der Waals surface area contributed by atoms with Gasteiger partial charge >= 0.3 is 6.09 Å². The van der Waals surface area contributed by atoms with E-state index in [1.165, 1.54) is 6.07 Å². The van der Waals surface area contributed by atoms with Gasteiger partial charge in [-0.2, -0.15) is 0 Å². The van der Waals surface area contributed by atoms with Crippen molar-refractivity contribution in [2.75, 3.05) is 22.9 Å². The van der Waals surface area contributed by atoms with Crippen LogP contribution in [0.25, 0.3) is 0 Å². The normalized spacial score (nSPS) is 10.7. The fourth-order valence-electron chi connectivity index (χ4n) is 2.27. The number of nitrogens with one attached hydrogen (secondary N) is 3. The Kier molecular flexibility index (Phi) is 6.78. The number of hydrogen-bond acceptors (Lipinski definition) is 5. The summed E-state index contributed by atoms with van der Waals surface area (Å²) in [6.45, 7) is 2.16. The SMILES string of the molecule is CCOC(=O)Nc1cccc(C(=O)NCc2cccc(NS(C)(=O)=O)c2)c1. The van der Waals surface area contributed by atoms with Crippen molar-refractivity contribution in [3.63, 3.8) is 0 Å². The lowest BCUT2D eigenvalue weighted by atomic mass is 10.1. The van der Waals surface area contributed by atoms with Gasteiger partial charge in [-0.1, -0.05) is 18.2 Å². The van der Waals surface area contributed by atoms with Crippen molar-refractivity contribution >= 4 is 33.4 Å². The number of hydrogen-bond donors (Lipinski definition) is 3. The van der Waals surface area contributed by atoms with E-state index in [0.717, 1.165) is 11.8 Å². The van der Waals surface area contributed by atoms with Crippen LogP contribution < -0.4 is 15.4 Å². The molecule has 0 heterocycles. The van der Waals surface area contributed by atoms with E-state index >= 15 is 0 Å². The van der Waals surface area contributed by atoms with E-state index < -0.39 is 16.1 Å². The molecule has 0 bridgehead atoms. The van der Waals surface area contributed by atoms with Crippen LogP contribution in [0.2, 0.25) is 0 Å². The summed E-state index contributed by atoms with van der Waals surface area (Å²) in [5.74, 6) is -0.330. The third kappa shape index (κ3) is 6.98. The molecule has 9 heteroatoms. The van der Waals surface area contributed by atoms with Crippen molar-refractivity contribution in [3.05, 3.63) is 59.7 Å². The minimum absolute atomic E-state index is 0.216. The van der Waals surface area contributed by atoms with E-state index in [-0.39, 0.29) is 19.1 Å². The fraction of sp³-hybridized carbons (Fsp3) is 0.222. The predicted octanol–water partition coefficient (Wildman–Crippen LogP) is 2.56. The van der Waals surface area contributed by atoms with Crippen molar-refractivity contribution in [3.8, 4) is 0 Å². The van der Waals surface area contributed by atoms with Gasteiger partial charge in [-0.25, -0.2) is 13.2 Å². The maximum absolute atomic E-state index is 12.3. The molecule has 0 aliphatic rings. The maximum atomic E-state index is 12.3. The van der Waals surface area contributed by atoms with Gasteiger partial charge in [-0.3, -0.25) is 14.8 Å². The average molecular weight is 391 g/mol. The lowest BCUT2D eigenvalue weighted by Crippen LogP contribution is -2.23. The molecule has 0 aliphatic heterocycles. The Morgan fingerprint density at radius 2 is 1.74 bits per heavy atom. The second-order valence-electron chi connectivity index (χ2n) is 5.68. The minimum Gasteiger partial charge on any atom is -0.450 e. The van der Waals surface area contributed by atoms with Gasteiger partial charge in [-0.15, -0.1) is 0 Å². The van der Waals surface area contributed by atoms with E-state index in [0.29, 0.717) is 16.9 Å². The predicted molar refractivity (Wildman–Crippen MR) is 103 cm³/mol. The zero-order chi connectivity index (χ0) is 19.9. The van der Waals surface area contributed by atoms with Crippen molar-refractivity contribution < 1.29 is 22.7 Å². The van der Waals surface area contributed by atoms with Crippen molar-refractivity contribution in [1.29, 1.82) is 0 Å². The van der Waals surface area contributed by atoms with Gasteiger partial charge in [0.2, 0.25) is 10.0 Å². The molecule has 144 valence electrons. The molecule has 0 radical (unpaired) electrons. The molecule has 2 amide bonds. The number of sulfonamides is 1. The highest BCUT2D eigenvalue weighted by Crippen LogP contribution is 2.13. The third-order valence-electron chi connectivity index (χ3n) is 3.33. The summed E-state index contributed by atoms with van der Waals surface area (Å²) in [5.41, 5.74) is 1.97. The molecule has 2 rings (SSSR count). The molecule has 3 N–H and O–H groups in total. The number of carbonyl (C=O) groups excluding carboxylic acids is 2. The van der Waals surface area contributed by atoms with Crippen LogP contribution in [-0.4, -0.2) is 33.3 Å². The maximum Gasteiger partial charge on any atom is 0.411 e. The van der Waals surface area contributed by atoms with Crippen LogP contribution in [0, 0.1) is 0 Å². The Morgan fingerprint density at radius 3 is 2.44 bits per heavy atom. The molecule has 2 aromatic rings. The number of anilines is 2. The largest absolute Gasteiger partial charge is 0.450 e. The second-order valence-corrected chi connectivity index (χ2v) is 7.43. The molecule has 0 aromatic heterocycles. The number of rotatable bonds is 7. The number of ether oxygens (including phenoxy) is 1. The summed E-state index contributed by atoms with van der Waals surface area (Å²) in [4.78, 5) is 23.8. The van der Waals surface area contributed by atoms with Gasteiger partial charge in [0.25, 0.3) is 5.91 Å². The van der Waals surface area contributed by atoms with Gasteiger partial charge in [-0.05, 0) is 42.8 Å². The number of benzene rings is 2. The van der Waals surface area contributed by atoms with E-state index in [9.17, 15) is 18.0 Å². The van der Waals surface area contributed by atoms with Crippen LogP contribution in [-0.2, 0) is 21.3 Å². The lowest BCUT2D eigenvalue weighted by Gasteiger charge is -2.10. The van der Waals surface area contributed by atoms with Crippen LogP contribution in [0.15, 0.2) is 48.5 Å². The van der Waals surface area contributed by atoms with Crippen molar-refractivity contribution in [2.24, 2.45) is 0 Å². The monoisotopic (exact) mass is 391 g/mol. The molecular weight excluding hydrogens is 370 g/mol. The molecule has 0 unspecified atom stereocenters. The Bertz CT molecular complexity index is 928. The molecule has 0 spiro atoms. The molecule has 27 heavy (non-hydrogen) atoms. The second kappa shape index (κ2) is 9.04. The van der Waals surface area contributed by atoms with Crippen molar-refractivity contribution in [2.45, 2.75) is 13.5 Å². The number of carbonyl (C=O) groups is 2. The van der Waals surface area contributed by atoms with Gasteiger partial charge < -0.3 is 10.1 Å². The molecule has 0 atom stereocenters. The molecule has 8 nitrogen and oxygen atoms in total. The summed E-state index contributed by atoms with van der Waals surface area (Å²) in [5, 5.41) is 5.29. The highest BCUT2D eigenvalue weighted by molar-refractivity contribution is 7.92. The highest BCUT2D eigenvalue weighted by atomic mass is 32.2. The van der Waals surface area contributed by atoms with E-state index in [1.807, 2.05) is 0 Å². The molecule has 2 aromatic carbocycles.